The summed E-state index contributed by atoms with van der Waals surface area (Å²) in [5.74, 6) is -1.78. The van der Waals surface area contributed by atoms with Crippen LogP contribution in [0.2, 0.25) is 0 Å². The van der Waals surface area contributed by atoms with Crippen molar-refractivity contribution in [3.8, 4) is 0 Å². The van der Waals surface area contributed by atoms with E-state index in [0.717, 1.165) is 12.1 Å². The summed E-state index contributed by atoms with van der Waals surface area (Å²) in [5, 5.41) is 0. The third kappa shape index (κ3) is 1.93. The first-order chi connectivity index (χ1) is 6.57. The zero-order valence-corrected chi connectivity index (χ0v) is 7.14. The van der Waals surface area contributed by atoms with Crippen molar-refractivity contribution in [2.24, 2.45) is 5.73 Å². The lowest BCUT2D eigenvalue weighted by Crippen LogP contribution is -2.16. The first-order valence-corrected chi connectivity index (χ1v) is 3.87. The molecule has 0 unspecified atom stereocenters. The van der Waals surface area contributed by atoms with E-state index in [4.69, 9.17) is 5.73 Å². The van der Waals surface area contributed by atoms with Gasteiger partial charge < -0.3 is 5.73 Å². The Balaban J connectivity index is 3.28. The molecule has 0 amide bonds. The van der Waals surface area contributed by atoms with Crippen LogP contribution in [0.5, 0.6) is 0 Å². The summed E-state index contributed by atoms with van der Waals surface area (Å²) in [5.41, 5.74) is 3.79. The van der Waals surface area contributed by atoms with Crippen LogP contribution in [-0.2, 0) is 0 Å². The number of carbonyl (C=O) groups is 1. The second kappa shape index (κ2) is 4.23. The molecule has 0 aliphatic rings. The van der Waals surface area contributed by atoms with Crippen LogP contribution in [0.1, 0.15) is 22.3 Å². The van der Waals surface area contributed by atoms with Gasteiger partial charge in [0.1, 0.15) is 5.82 Å². The minimum absolute atomic E-state index is 0.345. The number of hydrogen-bond acceptors (Lipinski definition) is 2. The standard InChI is InChI=1S/C9H8F3NO/c10-6-3-1-2-5(7(14)4-13)8(6)9(11)12/h1-3,9H,4,13H2. The number of benzene rings is 1. The molecule has 76 valence electrons. The Hall–Kier alpha value is -1.36. The number of alkyl halides is 2. The van der Waals surface area contributed by atoms with Crippen LogP contribution in [0.15, 0.2) is 18.2 Å². The molecule has 1 rings (SSSR count). The lowest BCUT2D eigenvalue weighted by Gasteiger charge is -2.07. The van der Waals surface area contributed by atoms with Crippen LogP contribution >= 0.6 is 0 Å². The van der Waals surface area contributed by atoms with E-state index < -0.39 is 30.1 Å². The molecule has 1 aromatic rings. The van der Waals surface area contributed by atoms with Crippen molar-refractivity contribution in [3.63, 3.8) is 0 Å². The van der Waals surface area contributed by atoms with Crippen molar-refractivity contribution in [2.45, 2.75) is 6.43 Å². The number of halogens is 3. The third-order valence-electron chi connectivity index (χ3n) is 1.76. The van der Waals surface area contributed by atoms with Crippen LogP contribution in [-0.4, -0.2) is 12.3 Å². The molecule has 0 saturated carbocycles. The monoisotopic (exact) mass is 203 g/mol. The average Bonchev–Trinajstić information content (AvgIpc) is 2.15. The predicted molar refractivity (Wildman–Crippen MR) is 44.7 cm³/mol. The van der Waals surface area contributed by atoms with Gasteiger partial charge in [0.25, 0.3) is 6.43 Å². The summed E-state index contributed by atoms with van der Waals surface area (Å²) in [6.45, 7) is -0.414. The van der Waals surface area contributed by atoms with Crippen molar-refractivity contribution in [1.82, 2.24) is 0 Å². The number of nitrogens with two attached hydrogens (primary N) is 1. The summed E-state index contributed by atoms with van der Waals surface area (Å²) in [6, 6.07) is 3.22. The van der Waals surface area contributed by atoms with Gasteiger partial charge in [-0.15, -0.1) is 0 Å². The van der Waals surface area contributed by atoms with Crippen LogP contribution in [0, 0.1) is 5.82 Å². The molecule has 0 aliphatic carbocycles. The molecule has 0 atom stereocenters. The molecule has 1 aromatic carbocycles. The average molecular weight is 203 g/mol. The molecule has 0 radical (unpaired) electrons. The number of carbonyl (C=O) groups excluding carboxylic acids is 1. The van der Waals surface area contributed by atoms with Gasteiger partial charge in [0, 0.05) is 5.56 Å². The smallest absolute Gasteiger partial charge is 0.267 e. The topological polar surface area (TPSA) is 43.1 Å². The van der Waals surface area contributed by atoms with E-state index in [1.54, 1.807) is 0 Å². The van der Waals surface area contributed by atoms with Crippen LogP contribution in [0.3, 0.4) is 0 Å². The van der Waals surface area contributed by atoms with E-state index in [-0.39, 0.29) is 5.56 Å². The maximum absolute atomic E-state index is 12.9. The normalized spacial score (nSPS) is 10.6. The highest BCUT2D eigenvalue weighted by Crippen LogP contribution is 2.25. The maximum Gasteiger partial charge on any atom is 0.267 e. The Kier molecular flexibility index (Phi) is 3.24. The van der Waals surface area contributed by atoms with E-state index in [1.807, 2.05) is 0 Å². The van der Waals surface area contributed by atoms with Gasteiger partial charge in [0.2, 0.25) is 0 Å². The lowest BCUT2D eigenvalue weighted by atomic mass is 10.0. The molecule has 0 heterocycles. The maximum atomic E-state index is 12.9. The van der Waals surface area contributed by atoms with Crippen molar-refractivity contribution in [2.75, 3.05) is 6.54 Å². The predicted octanol–water partition coefficient (Wildman–Crippen LogP) is 1.90. The molecule has 0 fully saturated rings. The van der Waals surface area contributed by atoms with Gasteiger partial charge >= 0.3 is 0 Å². The summed E-state index contributed by atoms with van der Waals surface area (Å²) in [4.78, 5) is 11.1. The van der Waals surface area contributed by atoms with E-state index in [1.165, 1.54) is 6.07 Å². The van der Waals surface area contributed by atoms with Crippen molar-refractivity contribution in [1.29, 1.82) is 0 Å². The fraction of sp³-hybridized carbons (Fsp3) is 0.222. The summed E-state index contributed by atoms with van der Waals surface area (Å²) in [6.07, 6.45) is -3.01. The molecule has 0 aromatic heterocycles. The molecule has 5 heteroatoms. The highest BCUT2D eigenvalue weighted by Gasteiger charge is 2.21. The van der Waals surface area contributed by atoms with Gasteiger partial charge in [-0.3, -0.25) is 4.79 Å². The third-order valence-corrected chi connectivity index (χ3v) is 1.76. The molecule has 2 N–H and O–H groups in total. The van der Waals surface area contributed by atoms with Crippen LogP contribution < -0.4 is 5.73 Å². The van der Waals surface area contributed by atoms with Crippen LogP contribution in [0.25, 0.3) is 0 Å². The van der Waals surface area contributed by atoms with E-state index in [2.05, 4.69) is 0 Å². The number of ketones is 1. The largest absolute Gasteiger partial charge is 0.324 e. The number of Topliss-reactive ketones (excluding diaryl/α,β-unsaturated/α-hetero) is 1. The van der Waals surface area contributed by atoms with Gasteiger partial charge in [-0.1, -0.05) is 12.1 Å². The zero-order chi connectivity index (χ0) is 10.7. The molecule has 14 heavy (non-hydrogen) atoms. The molecule has 0 spiro atoms. The van der Waals surface area contributed by atoms with Crippen molar-refractivity contribution >= 4 is 5.78 Å². The minimum Gasteiger partial charge on any atom is -0.324 e. The summed E-state index contributed by atoms with van der Waals surface area (Å²) < 4.78 is 37.6. The number of rotatable bonds is 3. The Labute approximate surface area is 78.5 Å². The fourth-order valence-electron chi connectivity index (χ4n) is 1.11. The molecule has 2 nitrogen and oxygen atoms in total. The lowest BCUT2D eigenvalue weighted by molar-refractivity contribution is 0.0984. The highest BCUT2D eigenvalue weighted by atomic mass is 19.3. The fourth-order valence-corrected chi connectivity index (χ4v) is 1.11. The quantitative estimate of drug-likeness (QED) is 0.762. The first-order valence-electron chi connectivity index (χ1n) is 3.87. The van der Waals surface area contributed by atoms with Gasteiger partial charge in [-0.05, 0) is 6.07 Å². The second-order valence-corrected chi connectivity index (χ2v) is 2.63. The van der Waals surface area contributed by atoms with Crippen molar-refractivity contribution < 1.29 is 18.0 Å². The van der Waals surface area contributed by atoms with Gasteiger partial charge in [0.15, 0.2) is 5.78 Å². The number of hydrogen-bond donors (Lipinski definition) is 1. The van der Waals surface area contributed by atoms with Gasteiger partial charge in [-0.25, -0.2) is 13.2 Å². The highest BCUT2D eigenvalue weighted by molar-refractivity contribution is 5.98. The van der Waals surface area contributed by atoms with E-state index in [9.17, 15) is 18.0 Å². The molecular formula is C9H8F3NO. The summed E-state index contributed by atoms with van der Waals surface area (Å²) in [7, 11) is 0. The first kappa shape index (κ1) is 10.7. The van der Waals surface area contributed by atoms with Gasteiger partial charge in [0.05, 0.1) is 12.1 Å². The van der Waals surface area contributed by atoms with Crippen molar-refractivity contribution in [3.05, 3.63) is 35.1 Å². The molecule has 0 bridgehead atoms. The Bertz CT molecular complexity index is 352. The minimum atomic E-state index is -3.01. The Morgan fingerprint density at radius 2 is 2.07 bits per heavy atom. The SMILES string of the molecule is NCC(=O)c1cccc(F)c1C(F)F. The Morgan fingerprint density at radius 1 is 1.43 bits per heavy atom. The molecular weight excluding hydrogens is 195 g/mol. The molecule has 0 saturated heterocycles. The Morgan fingerprint density at radius 3 is 2.57 bits per heavy atom. The van der Waals surface area contributed by atoms with E-state index in [0.29, 0.717) is 0 Å². The molecule has 0 aliphatic heterocycles. The summed E-state index contributed by atoms with van der Waals surface area (Å²) >= 11 is 0. The second-order valence-electron chi connectivity index (χ2n) is 2.63. The van der Waals surface area contributed by atoms with E-state index >= 15 is 0 Å². The zero-order valence-electron chi connectivity index (χ0n) is 7.14. The van der Waals surface area contributed by atoms with Gasteiger partial charge in [-0.2, -0.15) is 0 Å². The van der Waals surface area contributed by atoms with Crippen LogP contribution in [0.4, 0.5) is 13.2 Å².